The van der Waals surface area contributed by atoms with E-state index in [4.69, 9.17) is 0 Å². The summed E-state index contributed by atoms with van der Waals surface area (Å²) in [5.41, 5.74) is 1.48. The summed E-state index contributed by atoms with van der Waals surface area (Å²) in [4.78, 5) is 17.4. The molecule has 3 atom stereocenters. The number of halogens is 4. The van der Waals surface area contributed by atoms with Crippen LogP contribution >= 0.6 is 0 Å². The van der Waals surface area contributed by atoms with Crippen molar-refractivity contribution in [1.82, 2.24) is 5.32 Å². The van der Waals surface area contributed by atoms with Crippen LogP contribution in [0.15, 0.2) is 42.5 Å². The molecule has 1 amide bonds. The molecule has 0 radical (unpaired) electrons. The van der Waals surface area contributed by atoms with E-state index in [1.165, 1.54) is 24.3 Å². The van der Waals surface area contributed by atoms with Gasteiger partial charge in [0.25, 0.3) is 0 Å². The molecule has 4 rings (SSSR count). The number of hydrogen-bond donors (Lipinski definition) is 1. The second-order valence-electron chi connectivity index (χ2n) is 8.65. The van der Waals surface area contributed by atoms with Gasteiger partial charge >= 0.3 is 6.18 Å². The van der Waals surface area contributed by atoms with E-state index in [0.717, 1.165) is 23.9 Å². The number of nitrogens with one attached hydrogen (secondary N) is 1. The number of fused-ring (bicyclic) bond motifs is 3. The first-order valence-electron chi connectivity index (χ1n) is 10.9. The molecule has 32 heavy (non-hydrogen) atoms. The molecular weight excluding hydrogens is 422 g/mol. The summed E-state index contributed by atoms with van der Waals surface area (Å²) in [5.74, 6) is -0.938. The molecule has 2 heterocycles. The number of carbonyl (C=O) groups excluding carboxylic acids is 1. The van der Waals surface area contributed by atoms with Crippen molar-refractivity contribution in [3.63, 3.8) is 0 Å². The fourth-order valence-corrected chi connectivity index (χ4v) is 4.64. The van der Waals surface area contributed by atoms with Gasteiger partial charge in [0.15, 0.2) is 0 Å². The van der Waals surface area contributed by atoms with Crippen LogP contribution < -0.4 is 15.1 Å². The molecule has 0 aromatic heterocycles. The third-order valence-electron chi connectivity index (χ3n) is 6.57. The average Bonchev–Trinajstić information content (AvgIpc) is 2.77. The molecule has 2 aromatic carbocycles. The van der Waals surface area contributed by atoms with Crippen LogP contribution in [0.4, 0.5) is 28.9 Å². The third-order valence-corrected chi connectivity index (χ3v) is 6.57. The molecule has 172 valence electrons. The maximum atomic E-state index is 13.4. The minimum Gasteiger partial charge on any atom is -0.368 e. The number of nitrogens with zero attached hydrogens (tertiary/aromatic N) is 2. The summed E-state index contributed by atoms with van der Waals surface area (Å²) in [6.07, 6.45) is -3.41. The highest BCUT2D eigenvalue weighted by Gasteiger charge is 2.43. The van der Waals surface area contributed by atoms with Crippen molar-refractivity contribution in [3.05, 3.63) is 59.4 Å². The van der Waals surface area contributed by atoms with Crippen molar-refractivity contribution >= 4 is 17.3 Å². The molecule has 8 heteroatoms. The molecule has 2 aliphatic rings. The molecule has 0 aliphatic carbocycles. The molecule has 0 saturated carbocycles. The zero-order valence-corrected chi connectivity index (χ0v) is 18.1. The number of piperazine rings is 1. The average molecular weight is 449 g/mol. The predicted molar refractivity (Wildman–Crippen MR) is 116 cm³/mol. The van der Waals surface area contributed by atoms with Crippen LogP contribution in [-0.2, 0) is 17.4 Å². The Balaban J connectivity index is 1.67. The lowest BCUT2D eigenvalue weighted by Crippen LogP contribution is -2.61. The smallest absolute Gasteiger partial charge is 0.368 e. The van der Waals surface area contributed by atoms with Crippen molar-refractivity contribution in [2.45, 2.75) is 44.9 Å². The fourth-order valence-electron chi connectivity index (χ4n) is 4.64. The van der Waals surface area contributed by atoms with Crippen molar-refractivity contribution < 1.29 is 22.4 Å². The number of alkyl halides is 3. The molecule has 0 spiro atoms. The SMILES string of the molecule is CC[C@H](C)NC(=O)[C@@H]1Cc2cc(C(F)(F)F)ccc2N2CCN(c3ccc(F)cc3)C[C@@H]12. The van der Waals surface area contributed by atoms with E-state index in [9.17, 15) is 22.4 Å². The van der Waals surface area contributed by atoms with Crippen LogP contribution in [0.1, 0.15) is 31.4 Å². The molecule has 1 saturated heterocycles. The fraction of sp³-hybridized carbons (Fsp3) is 0.458. The number of hydrogen-bond acceptors (Lipinski definition) is 3. The lowest BCUT2D eigenvalue weighted by atomic mass is 9.82. The van der Waals surface area contributed by atoms with E-state index < -0.39 is 17.7 Å². The highest BCUT2D eigenvalue weighted by atomic mass is 19.4. The zero-order chi connectivity index (χ0) is 23.0. The van der Waals surface area contributed by atoms with Crippen molar-refractivity contribution in [1.29, 1.82) is 0 Å². The first-order chi connectivity index (χ1) is 15.2. The lowest BCUT2D eigenvalue weighted by molar-refractivity contribution is -0.137. The minimum atomic E-state index is -4.43. The van der Waals surface area contributed by atoms with Gasteiger partial charge in [0.05, 0.1) is 17.5 Å². The van der Waals surface area contributed by atoms with Crippen LogP contribution in [0, 0.1) is 11.7 Å². The first-order valence-corrected chi connectivity index (χ1v) is 10.9. The Bertz CT molecular complexity index is 976. The molecule has 4 nitrogen and oxygen atoms in total. The number of amides is 1. The quantitative estimate of drug-likeness (QED) is 0.692. The normalized spacial score (nSPS) is 21.6. The van der Waals surface area contributed by atoms with Crippen LogP contribution in [-0.4, -0.2) is 37.6 Å². The summed E-state index contributed by atoms with van der Waals surface area (Å²) in [6.45, 7) is 5.61. The predicted octanol–water partition coefficient (Wildman–Crippen LogP) is 4.63. The van der Waals surface area contributed by atoms with Gasteiger partial charge in [0, 0.05) is 37.1 Å². The van der Waals surface area contributed by atoms with Gasteiger partial charge in [-0.1, -0.05) is 6.92 Å². The van der Waals surface area contributed by atoms with Crippen molar-refractivity contribution in [2.24, 2.45) is 5.92 Å². The van der Waals surface area contributed by atoms with E-state index >= 15 is 0 Å². The van der Waals surface area contributed by atoms with Gasteiger partial charge in [-0.05, 0) is 67.8 Å². The van der Waals surface area contributed by atoms with Gasteiger partial charge in [-0.15, -0.1) is 0 Å². The second-order valence-corrected chi connectivity index (χ2v) is 8.65. The van der Waals surface area contributed by atoms with Gasteiger partial charge in [-0.25, -0.2) is 4.39 Å². The van der Waals surface area contributed by atoms with E-state index in [-0.39, 0.29) is 30.2 Å². The number of carbonyl (C=O) groups is 1. The Morgan fingerprint density at radius 1 is 1.16 bits per heavy atom. The Hall–Kier alpha value is -2.77. The molecule has 0 unspecified atom stereocenters. The van der Waals surface area contributed by atoms with Crippen LogP contribution in [0.2, 0.25) is 0 Å². The highest BCUT2D eigenvalue weighted by Crippen LogP contribution is 2.40. The standard InChI is InChI=1S/C24H27F4N3O/c1-3-15(2)29-23(32)20-13-16-12-17(24(26,27)28)4-9-21(16)31-11-10-30(14-22(20)31)19-7-5-18(25)6-8-19/h4-9,12,15,20,22H,3,10-11,13-14H2,1-2H3,(H,29,32)/t15-,20+,22-/m0/s1. The van der Waals surface area contributed by atoms with Gasteiger partial charge < -0.3 is 15.1 Å². The molecule has 2 aliphatic heterocycles. The molecular formula is C24H27F4N3O. The highest BCUT2D eigenvalue weighted by molar-refractivity contribution is 5.82. The Kier molecular flexibility index (Phi) is 6.05. The zero-order valence-electron chi connectivity index (χ0n) is 18.1. The monoisotopic (exact) mass is 449 g/mol. The van der Waals surface area contributed by atoms with E-state index in [0.29, 0.717) is 25.2 Å². The second kappa shape index (κ2) is 8.64. The molecule has 1 fully saturated rings. The Labute approximate surface area is 185 Å². The number of benzene rings is 2. The van der Waals surface area contributed by atoms with Crippen LogP contribution in [0.3, 0.4) is 0 Å². The molecule has 2 aromatic rings. The molecule has 1 N–H and O–H groups in total. The van der Waals surface area contributed by atoms with Gasteiger partial charge in [-0.2, -0.15) is 13.2 Å². The van der Waals surface area contributed by atoms with Crippen molar-refractivity contribution in [3.8, 4) is 0 Å². The first kappa shape index (κ1) is 22.4. The van der Waals surface area contributed by atoms with E-state index in [1.807, 2.05) is 13.8 Å². The maximum absolute atomic E-state index is 13.4. The van der Waals surface area contributed by atoms with E-state index in [1.54, 1.807) is 12.1 Å². The topological polar surface area (TPSA) is 35.6 Å². The molecule has 0 bridgehead atoms. The van der Waals surface area contributed by atoms with Gasteiger partial charge in [-0.3, -0.25) is 4.79 Å². The summed E-state index contributed by atoms with van der Waals surface area (Å²) >= 11 is 0. The lowest BCUT2D eigenvalue weighted by Gasteiger charge is -2.50. The maximum Gasteiger partial charge on any atom is 0.416 e. The number of anilines is 2. The Morgan fingerprint density at radius 2 is 1.88 bits per heavy atom. The van der Waals surface area contributed by atoms with E-state index in [2.05, 4.69) is 15.1 Å². The van der Waals surface area contributed by atoms with Crippen molar-refractivity contribution in [2.75, 3.05) is 29.4 Å². The summed E-state index contributed by atoms with van der Waals surface area (Å²) in [7, 11) is 0. The van der Waals surface area contributed by atoms with Gasteiger partial charge in [0.1, 0.15) is 5.82 Å². The largest absolute Gasteiger partial charge is 0.416 e. The summed E-state index contributed by atoms with van der Waals surface area (Å²) in [5, 5.41) is 3.01. The number of rotatable bonds is 4. The summed E-state index contributed by atoms with van der Waals surface area (Å²) in [6, 6.07) is 9.85. The van der Waals surface area contributed by atoms with Gasteiger partial charge in [0.2, 0.25) is 5.91 Å². The van der Waals surface area contributed by atoms with Crippen LogP contribution in [0.25, 0.3) is 0 Å². The summed E-state index contributed by atoms with van der Waals surface area (Å²) < 4.78 is 53.3. The third kappa shape index (κ3) is 4.40. The van der Waals surface area contributed by atoms with Crippen LogP contribution in [0.5, 0.6) is 0 Å². The minimum absolute atomic E-state index is 0.0179. The Morgan fingerprint density at radius 3 is 2.53 bits per heavy atom.